The molecule has 5 heterocycles. The molecule has 0 saturated heterocycles. The second-order valence-electron chi connectivity index (χ2n) is 13.3. The third kappa shape index (κ3) is 7.41. The van der Waals surface area contributed by atoms with E-state index in [2.05, 4.69) is 47.5 Å². The number of carbonyl (C=O) groups excluding carboxylic acids is 1. The molecular weight excluding hydrogens is 635 g/mol. The van der Waals surface area contributed by atoms with E-state index in [4.69, 9.17) is 9.97 Å². The Labute approximate surface area is 298 Å². The highest BCUT2D eigenvalue weighted by molar-refractivity contribution is 5.98. The number of benzene rings is 1. The first-order chi connectivity index (χ1) is 24.6. The quantitative estimate of drug-likeness (QED) is 0.111. The number of carboxylic acids is 1. The van der Waals surface area contributed by atoms with Gasteiger partial charge in [0, 0.05) is 52.6 Å². The lowest BCUT2D eigenvalue weighted by molar-refractivity contribution is -0.137. The summed E-state index contributed by atoms with van der Waals surface area (Å²) in [4.78, 5) is 42.1. The van der Waals surface area contributed by atoms with Crippen LogP contribution in [-0.4, -0.2) is 43.5 Å². The first kappa shape index (κ1) is 35.1. The largest absolute Gasteiger partial charge is 0.481 e. The molecule has 0 atom stereocenters. The number of fused-ring (bicyclic) bond motifs is 8. The van der Waals surface area contributed by atoms with Gasteiger partial charge in [-0.15, -0.1) is 0 Å². The molecule has 1 aromatic carbocycles. The lowest BCUT2D eigenvalue weighted by Crippen LogP contribution is -2.24. The van der Waals surface area contributed by atoms with E-state index in [-0.39, 0.29) is 12.3 Å². The van der Waals surface area contributed by atoms with Gasteiger partial charge in [-0.1, -0.05) is 55.6 Å². The lowest BCUT2D eigenvalue weighted by Gasteiger charge is -2.07. The molecule has 0 aliphatic carbocycles. The Morgan fingerprint density at radius 1 is 0.745 bits per heavy atom. The number of aliphatic carboxylic acids is 1. The van der Waals surface area contributed by atoms with E-state index in [1.807, 2.05) is 75.4 Å². The van der Waals surface area contributed by atoms with Crippen LogP contribution in [0.3, 0.4) is 0 Å². The van der Waals surface area contributed by atoms with Gasteiger partial charge in [0.15, 0.2) is 0 Å². The molecule has 0 fully saturated rings. The number of nitrogens with one attached hydrogen (secondary N) is 3. The van der Waals surface area contributed by atoms with Gasteiger partial charge in [0.05, 0.1) is 22.8 Å². The zero-order chi connectivity index (χ0) is 36.2. The SMILES string of the molecule is C=CC1=C(C)c2cc3[nH]c(cc4nc(cc5[nH]c(cc1n2)c(C)c5C=C)C(C)=C4CCC(=O)NCCCc1ccccc1)c(CCC(=O)O)c3C. The highest BCUT2D eigenvalue weighted by Crippen LogP contribution is 2.36. The number of H-pyrrole nitrogens is 2. The number of hydrogen-bond donors (Lipinski definition) is 4. The number of carbonyl (C=O) groups is 2. The van der Waals surface area contributed by atoms with Gasteiger partial charge < -0.3 is 20.4 Å². The number of amides is 1. The van der Waals surface area contributed by atoms with E-state index < -0.39 is 5.97 Å². The summed E-state index contributed by atoms with van der Waals surface area (Å²) in [5.41, 5.74) is 15.7. The molecule has 0 spiro atoms. The maximum atomic E-state index is 13.1. The molecule has 260 valence electrons. The molecule has 6 rings (SSSR count). The van der Waals surface area contributed by atoms with Gasteiger partial charge in [0.25, 0.3) is 0 Å². The zero-order valence-corrected chi connectivity index (χ0v) is 29.9. The summed E-state index contributed by atoms with van der Waals surface area (Å²) in [6, 6.07) is 18.4. The van der Waals surface area contributed by atoms with Crippen LogP contribution in [0.1, 0.15) is 90.1 Å². The van der Waals surface area contributed by atoms with Crippen LogP contribution < -0.4 is 5.32 Å². The van der Waals surface area contributed by atoms with Crippen molar-refractivity contribution in [3.05, 3.63) is 124 Å². The van der Waals surface area contributed by atoms with E-state index in [9.17, 15) is 14.7 Å². The third-order valence-electron chi connectivity index (χ3n) is 10.0. The van der Waals surface area contributed by atoms with Crippen LogP contribution in [0, 0.1) is 13.8 Å². The van der Waals surface area contributed by atoms with Crippen LogP contribution in [0.4, 0.5) is 0 Å². The van der Waals surface area contributed by atoms with E-state index in [1.165, 1.54) is 5.56 Å². The summed E-state index contributed by atoms with van der Waals surface area (Å²) in [5.74, 6) is -0.860. The van der Waals surface area contributed by atoms with Gasteiger partial charge in [-0.2, -0.15) is 0 Å². The molecular formula is C43H45N5O3. The standard InChI is InChI=1S/C43H45N5O3/c1-7-30-25(3)34-21-35-28(6)33(17-19-43(50)51)41(47-35)24-40-32(16-18-42(49)44-20-12-15-29-13-10-9-11-14-29)27(5)37(48-40)23-39-31(8-2)26(4)36(46-39)22-38(30)45-34/h7-11,13-14,21-24,46-47H,1-2,12,15-20H2,3-6H3,(H,44,49)(H,50,51). The fraction of sp³-hybridized carbons (Fsp3) is 0.256. The van der Waals surface area contributed by atoms with E-state index in [1.54, 1.807) is 0 Å². The first-order valence-corrected chi connectivity index (χ1v) is 17.5. The Morgan fingerprint density at radius 3 is 2.12 bits per heavy atom. The average molecular weight is 680 g/mol. The number of rotatable bonds is 12. The summed E-state index contributed by atoms with van der Waals surface area (Å²) >= 11 is 0. The van der Waals surface area contributed by atoms with Crippen LogP contribution in [0.25, 0.3) is 50.4 Å². The number of aromatic nitrogens is 4. The van der Waals surface area contributed by atoms with Crippen molar-refractivity contribution in [3.8, 4) is 0 Å². The third-order valence-corrected chi connectivity index (χ3v) is 10.0. The van der Waals surface area contributed by atoms with Gasteiger partial charge in [0.1, 0.15) is 0 Å². The van der Waals surface area contributed by atoms with Crippen molar-refractivity contribution in [1.82, 2.24) is 25.3 Å². The second kappa shape index (κ2) is 15.0. The van der Waals surface area contributed by atoms with Crippen molar-refractivity contribution in [2.24, 2.45) is 0 Å². The Kier molecular flexibility index (Phi) is 10.3. The molecule has 3 aromatic heterocycles. The van der Waals surface area contributed by atoms with Crippen LogP contribution in [-0.2, 0) is 22.4 Å². The first-order valence-electron chi connectivity index (χ1n) is 17.5. The minimum absolute atomic E-state index is 0.00181. The molecule has 2 aliphatic rings. The van der Waals surface area contributed by atoms with Crippen molar-refractivity contribution in [2.75, 3.05) is 6.54 Å². The van der Waals surface area contributed by atoms with Gasteiger partial charge in [-0.05, 0) is 117 Å². The van der Waals surface area contributed by atoms with E-state index in [0.29, 0.717) is 25.8 Å². The number of hydrogen-bond acceptors (Lipinski definition) is 4. The Hall–Kier alpha value is -5.76. The summed E-state index contributed by atoms with van der Waals surface area (Å²) in [6.07, 6.45) is 6.64. The molecule has 0 radical (unpaired) electrons. The van der Waals surface area contributed by atoms with Gasteiger partial charge in [-0.25, -0.2) is 9.97 Å². The summed E-state index contributed by atoms with van der Waals surface area (Å²) in [7, 11) is 0. The molecule has 8 bridgehead atoms. The zero-order valence-electron chi connectivity index (χ0n) is 29.9. The van der Waals surface area contributed by atoms with Gasteiger partial charge >= 0.3 is 5.97 Å². The fourth-order valence-corrected chi connectivity index (χ4v) is 7.03. The Bertz CT molecular complexity index is 2290. The molecule has 0 saturated carbocycles. The monoisotopic (exact) mass is 679 g/mol. The fourth-order valence-electron chi connectivity index (χ4n) is 7.03. The maximum Gasteiger partial charge on any atom is 0.303 e. The smallest absolute Gasteiger partial charge is 0.303 e. The molecule has 0 unspecified atom stereocenters. The van der Waals surface area contributed by atoms with Crippen molar-refractivity contribution in [1.29, 1.82) is 0 Å². The molecule has 4 aromatic rings. The number of nitrogens with zero attached hydrogens (tertiary/aromatic N) is 2. The van der Waals surface area contributed by atoms with Crippen LogP contribution in [0.5, 0.6) is 0 Å². The molecule has 51 heavy (non-hydrogen) atoms. The summed E-state index contributed by atoms with van der Waals surface area (Å²) < 4.78 is 0. The van der Waals surface area contributed by atoms with Crippen molar-refractivity contribution >= 4 is 62.3 Å². The minimum Gasteiger partial charge on any atom is -0.481 e. The topological polar surface area (TPSA) is 124 Å². The van der Waals surface area contributed by atoms with Crippen molar-refractivity contribution in [3.63, 3.8) is 0 Å². The lowest BCUT2D eigenvalue weighted by atomic mass is 10.00. The van der Waals surface area contributed by atoms with Gasteiger partial charge in [-0.3, -0.25) is 9.59 Å². The highest BCUT2D eigenvalue weighted by Gasteiger charge is 2.21. The van der Waals surface area contributed by atoms with E-state index in [0.717, 1.165) is 102 Å². The predicted octanol–water partition coefficient (Wildman–Crippen LogP) is 9.17. The van der Waals surface area contributed by atoms with Crippen LogP contribution >= 0.6 is 0 Å². The molecule has 2 aliphatic heterocycles. The summed E-state index contributed by atoms with van der Waals surface area (Å²) in [5, 5.41) is 12.7. The number of carboxylic acid groups (broad SMARTS) is 1. The maximum absolute atomic E-state index is 13.1. The van der Waals surface area contributed by atoms with Crippen molar-refractivity contribution < 1.29 is 14.7 Å². The predicted molar refractivity (Wildman–Crippen MR) is 209 cm³/mol. The molecule has 4 N–H and O–H groups in total. The Balaban J connectivity index is 1.47. The van der Waals surface area contributed by atoms with E-state index >= 15 is 0 Å². The summed E-state index contributed by atoms with van der Waals surface area (Å²) in [6.45, 7) is 17.0. The second-order valence-corrected chi connectivity index (χ2v) is 13.3. The number of aryl methyl sites for hydroxylation is 4. The van der Waals surface area contributed by atoms with Crippen molar-refractivity contribution in [2.45, 2.75) is 66.2 Å². The Morgan fingerprint density at radius 2 is 1.39 bits per heavy atom. The van der Waals surface area contributed by atoms with Crippen LogP contribution in [0.2, 0.25) is 0 Å². The molecule has 8 nitrogen and oxygen atoms in total. The average Bonchev–Trinajstić information content (AvgIpc) is 3.77. The molecule has 8 heteroatoms. The minimum atomic E-state index is -0.858. The number of aromatic amines is 2. The molecule has 1 amide bonds. The normalized spacial score (nSPS) is 12.7. The highest BCUT2D eigenvalue weighted by atomic mass is 16.4. The van der Waals surface area contributed by atoms with Gasteiger partial charge in [0.2, 0.25) is 5.91 Å². The van der Waals surface area contributed by atoms with Crippen LogP contribution in [0.15, 0.2) is 73.8 Å². The number of allylic oxidation sites excluding steroid dienone is 5.